The zero-order chi connectivity index (χ0) is 21.4. The molecule has 164 valence electrons. The van der Waals surface area contributed by atoms with Crippen LogP contribution in [0.3, 0.4) is 0 Å². The van der Waals surface area contributed by atoms with Gasteiger partial charge in [0.2, 0.25) is 0 Å². The third-order valence-electron chi connectivity index (χ3n) is 7.94. The van der Waals surface area contributed by atoms with Gasteiger partial charge in [-0.15, -0.1) is 0 Å². The fourth-order valence-corrected chi connectivity index (χ4v) is 6.13. The molecule has 0 radical (unpaired) electrons. The average molecular weight is 419 g/mol. The molecule has 5 rings (SSSR count). The monoisotopic (exact) mass is 418 g/mol. The van der Waals surface area contributed by atoms with E-state index in [2.05, 4.69) is 40.5 Å². The molecule has 2 saturated carbocycles. The Morgan fingerprint density at radius 2 is 1.77 bits per heavy atom. The minimum atomic E-state index is -1.41. The normalized spacial score (nSPS) is 27.6. The molecule has 1 heterocycles. The van der Waals surface area contributed by atoms with Gasteiger partial charge in [-0.05, 0) is 48.6 Å². The van der Waals surface area contributed by atoms with Crippen molar-refractivity contribution in [1.82, 2.24) is 10.2 Å². The Morgan fingerprint density at radius 1 is 1.06 bits per heavy atom. The summed E-state index contributed by atoms with van der Waals surface area (Å²) in [5.41, 5.74) is 1.79. The fourth-order valence-electron chi connectivity index (χ4n) is 6.13. The van der Waals surface area contributed by atoms with Crippen LogP contribution in [-0.2, 0) is 16.9 Å². The number of nitrogens with one attached hydrogen (secondary N) is 1. The molecule has 0 spiro atoms. The van der Waals surface area contributed by atoms with E-state index in [1.54, 1.807) is 0 Å². The van der Waals surface area contributed by atoms with Gasteiger partial charge in [0.1, 0.15) is 0 Å². The van der Waals surface area contributed by atoms with Crippen molar-refractivity contribution in [2.45, 2.75) is 44.8 Å². The van der Waals surface area contributed by atoms with Crippen molar-refractivity contribution in [1.29, 1.82) is 0 Å². The SMILES string of the molecule is Cc1cccc(C(O)(C(=O)NC[C@H]2C3CN(Cc4ccccc4)C[C@@H]32)C2CCCC2)c1. The second kappa shape index (κ2) is 8.40. The Kier molecular flexibility index (Phi) is 5.61. The number of amides is 1. The van der Waals surface area contributed by atoms with Crippen molar-refractivity contribution in [2.75, 3.05) is 19.6 Å². The Labute approximate surface area is 185 Å². The van der Waals surface area contributed by atoms with Crippen molar-refractivity contribution < 1.29 is 9.90 Å². The summed E-state index contributed by atoms with van der Waals surface area (Å²) < 4.78 is 0. The quantitative estimate of drug-likeness (QED) is 0.718. The Hall–Kier alpha value is -2.17. The predicted molar refractivity (Wildman–Crippen MR) is 122 cm³/mol. The van der Waals surface area contributed by atoms with Crippen LogP contribution in [0.5, 0.6) is 0 Å². The maximum atomic E-state index is 13.3. The largest absolute Gasteiger partial charge is 0.375 e. The van der Waals surface area contributed by atoms with Crippen LogP contribution in [0.15, 0.2) is 54.6 Å². The van der Waals surface area contributed by atoms with Gasteiger partial charge >= 0.3 is 0 Å². The number of rotatable bonds is 7. The fraction of sp³-hybridized carbons (Fsp3) is 0.519. The van der Waals surface area contributed by atoms with Crippen LogP contribution >= 0.6 is 0 Å². The molecule has 0 aromatic heterocycles. The third kappa shape index (κ3) is 4.04. The number of hydrogen-bond donors (Lipinski definition) is 2. The molecule has 1 amide bonds. The van der Waals surface area contributed by atoms with Gasteiger partial charge in [0.15, 0.2) is 5.60 Å². The number of likely N-dealkylation sites (tertiary alicyclic amines) is 1. The molecular formula is C27H34N2O2. The van der Waals surface area contributed by atoms with Crippen LogP contribution in [0.25, 0.3) is 0 Å². The first-order chi connectivity index (χ1) is 15.1. The molecule has 2 N–H and O–H groups in total. The third-order valence-corrected chi connectivity index (χ3v) is 7.94. The van der Waals surface area contributed by atoms with E-state index in [1.807, 2.05) is 31.2 Å². The van der Waals surface area contributed by atoms with Gasteiger partial charge in [-0.2, -0.15) is 0 Å². The van der Waals surface area contributed by atoms with Gasteiger partial charge in [0.05, 0.1) is 0 Å². The van der Waals surface area contributed by atoms with Crippen LogP contribution in [0.1, 0.15) is 42.4 Å². The minimum absolute atomic E-state index is 0.00867. The van der Waals surface area contributed by atoms with E-state index < -0.39 is 5.60 Å². The summed E-state index contributed by atoms with van der Waals surface area (Å²) in [6, 6.07) is 18.5. The Morgan fingerprint density at radius 3 is 2.45 bits per heavy atom. The maximum Gasteiger partial charge on any atom is 0.256 e. The van der Waals surface area contributed by atoms with Gasteiger partial charge in [0, 0.05) is 32.1 Å². The molecule has 0 bridgehead atoms. The maximum absolute atomic E-state index is 13.3. The molecule has 4 atom stereocenters. The van der Waals surface area contributed by atoms with E-state index in [4.69, 9.17) is 0 Å². The number of piperidine rings is 1. The molecule has 3 fully saturated rings. The van der Waals surface area contributed by atoms with E-state index in [9.17, 15) is 9.90 Å². The van der Waals surface area contributed by atoms with Crippen LogP contribution < -0.4 is 5.32 Å². The molecule has 2 aliphatic carbocycles. The molecule has 1 saturated heterocycles. The number of nitrogens with zero attached hydrogens (tertiary/aromatic N) is 1. The zero-order valence-electron chi connectivity index (χ0n) is 18.5. The number of aliphatic hydroxyl groups is 1. The molecule has 4 nitrogen and oxygen atoms in total. The Balaban J connectivity index is 1.19. The second-order valence-corrected chi connectivity index (χ2v) is 10.00. The number of hydrogen-bond acceptors (Lipinski definition) is 3. The van der Waals surface area contributed by atoms with Crippen molar-refractivity contribution in [3.63, 3.8) is 0 Å². The molecule has 1 aliphatic heterocycles. The molecule has 31 heavy (non-hydrogen) atoms. The van der Waals surface area contributed by atoms with Gasteiger partial charge in [-0.3, -0.25) is 9.69 Å². The summed E-state index contributed by atoms with van der Waals surface area (Å²) in [4.78, 5) is 15.9. The summed E-state index contributed by atoms with van der Waals surface area (Å²) in [5, 5.41) is 14.9. The predicted octanol–water partition coefficient (Wildman–Crippen LogP) is 3.87. The second-order valence-electron chi connectivity index (χ2n) is 10.00. The summed E-state index contributed by atoms with van der Waals surface area (Å²) in [6.07, 6.45) is 4.02. The molecule has 2 unspecified atom stereocenters. The summed E-state index contributed by atoms with van der Waals surface area (Å²) in [5.74, 6) is 1.73. The first-order valence-electron chi connectivity index (χ1n) is 11.9. The van der Waals surface area contributed by atoms with E-state index in [1.165, 1.54) is 5.56 Å². The molecule has 3 aliphatic rings. The number of carbonyl (C=O) groups excluding carboxylic acids is 1. The summed E-state index contributed by atoms with van der Waals surface area (Å²) in [7, 11) is 0. The van der Waals surface area contributed by atoms with Crippen LogP contribution in [-0.4, -0.2) is 35.5 Å². The lowest BCUT2D eigenvalue weighted by molar-refractivity contribution is -0.147. The van der Waals surface area contributed by atoms with E-state index >= 15 is 0 Å². The van der Waals surface area contributed by atoms with Crippen LogP contribution in [0.2, 0.25) is 0 Å². The highest BCUT2D eigenvalue weighted by Gasteiger charge is 2.55. The van der Waals surface area contributed by atoms with Crippen molar-refractivity contribution in [2.24, 2.45) is 23.7 Å². The number of carbonyl (C=O) groups is 1. The standard InChI is InChI=1S/C27H34N2O2/c1-19-8-7-13-22(14-19)27(31,21-11-5-6-12-21)26(30)28-15-23-24-17-29(18-25(23)24)16-20-9-3-2-4-10-20/h2-4,7-10,13-14,21,23-25,31H,5-6,11-12,15-18H2,1H3,(H,28,30)/t23-,24-,25?,27?/m1/s1. The average Bonchev–Trinajstić information content (AvgIpc) is 3.17. The highest BCUT2D eigenvalue weighted by Crippen LogP contribution is 2.51. The molecule has 4 heteroatoms. The smallest absolute Gasteiger partial charge is 0.256 e. The lowest BCUT2D eigenvalue weighted by atomic mass is 9.79. The van der Waals surface area contributed by atoms with Crippen LogP contribution in [0.4, 0.5) is 0 Å². The van der Waals surface area contributed by atoms with Crippen molar-refractivity contribution in [3.05, 3.63) is 71.3 Å². The van der Waals surface area contributed by atoms with Gasteiger partial charge in [-0.1, -0.05) is 73.0 Å². The first-order valence-corrected chi connectivity index (χ1v) is 11.9. The van der Waals surface area contributed by atoms with E-state index in [0.29, 0.717) is 24.3 Å². The zero-order valence-corrected chi connectivity index (χ0v) is 18.5. The molecule has 2 aromatic rings. The topological polar surface area (TPSA) is 52.6 Å². The van der Waals surface area contributed by atoms with E-state index in [-0.39, 0.29) is 11.8 Å². The molecular weight excluding hydrogens is 384 g/mol. The summed E-state index contributed by atoms with van der Waals surface area (Å²) >= 11 is 0. The highest BCUT2D eigenvalue weighted by molar-refractivity contribution is 5.86. The van der Waals surface area contributed by atoms with E-state index in [0.717, 1.165) is 56.4 Å². The lowest BCUT2D eigenvalue weighted by Gasteiger charge is -2.33. The minimum Gasteiger partial charge on any atom is -0.375 e. The summed E-state index contributed by atoms with van der Waals surface area (Å²) in [6.45, 7) is 5.95. The van der Waals surface area contributed by atoms with Gasteiger partial charge in [-0.25, -0.2) is 0 Å². The van der Waals surface area contributed by atoms with Gasteiger partial charge in [0.25, 0.3) is 5.91 Å². The number of aryl methyl sites for hydroxylation is 1. The highest BCUT2D eigenvalue weighted by atomic mass is 16.3. The first kappa shape index (κ1) is 20.7. The number of benzene rings is 2. The van der Waals surface area contributed by atoms with Crippen molar-refractivity contribution in [3.8, 4) is 0 Å². The van der Waals surface area contributed by atoms with Crippen molar-refractivity contribution >= 4 is 5.91 Å². The van der Waals surface area contributed by atoms with Crippen LogP contribution in [0, 0.1) is 30.6 Å². The van der Waals surface area contributed by atoms with Gasteiger partial charge < -0.3 is 10.4 Å². The Bertz CT molecular complexity index is 912. The molecule has 2 aromatic carbocycles. The number of fused-ring (bicyclic) bond motifs is 1. The lowest BCUT2D eigenvalue weighted by Crippen LogP contribution is -2.49.